The molecule has 0 spiro atoms. The first-order chi connectivity index (χ1) is 9.78. The molecule has 1 fully saturated rings. The van der Waals surface area contributed by atoms with E-state index in [2.05, 4.69) is 0 Å². The van der Waals surface area contributed by atoms with Gasteiger partial charge in [0.05, 0.1) is 23.9 Å². The number of hydrogen-bond donors (Lipinski definition) is 3. The molecule has 3 N–H and O–H groups in total. The second kappa shape index (κ2) is 4.64. The van der Waals surface area contributed by atoms with Crippen LogP contribution >= 0.6 is 0 Å². The Morgan fingerprint density at radius 3 is 2.81 bits per heavy atom. The molecule has 4 atom stereocenters. The van der Waals surface area contributed by atoms with Crippen molar-refractivity contribution in [2.75, 3.05) is 6.61 Å². The maximum Gasteiger partial charge on any atom is 0.342 e. The van der Waals surface area contributed by atoms with Crippen LogP contribution in [0.15, 0.2) is 23.0 Å². The molecule has 6 heteroatoms. The quantitative estimate of drug-likeness (QED) is 0.605. The van der Waals surface area contributed by atoms with Crippen LogP contribution in [0.4, 0.5) is 0 Å². The lowest BCUT2D eigenvalue weighted by Crippen LogP contribution is -2.39. The summed E-state index contributed by atoms with van der Waals surface area (Å²) in [6, 6.07) is 0. The number of aliphatic hydroxyl groups is 3. The number of carbonyl (C=O) groups excluding carboxylic acids is 1. The SMILES string of the molecule is CC1CC(O)C2=C(CO)C(=O)O/C2=C/C2(C)CCC1(O)O2. The first-order valence-corrected chi connectivity index (χ1v) is 7.18. The van der Waals surface area contributed by atoms with Crippen LogP contribution in [0.5, 0.6) is 0 Å². The molecule has 3 aliphatic heterocycles. The first-order valence-electron chi connectivity index (χ1n) is 7.18. The summed E-state index contributed by atoms with van der Waals surface area (Å²) in [6.45, 7) is 3.13. The Morgan fingerprint density at radius 2 is 2.14 bits per heavy atom. The second-order valence-electron chi connectivity index (χ2n) is 6.36. The normalized spacial score (nSPS) is 45.4. The van der Waals surface area contributed by atoms with Gasteiger partial charge in [0.2, 0.25) is 0 Å². The highest BCUT2D eigenvalue weighted by molar-refractivity contribution is 5.95. The van der Waals surface area contributed by atoms with Gasteiger partial charge >= 0.3 is 5.97 Å². The molecular formula is C15H20O6. The molecule has 0 radical (unpaired) electrons. The molecule has 116 valence electrons. The molecule has 1 saturated heterocycles. The summed E-state index contributed by atoms with van der Waals surface area (Å²) in [5, 5.41) is 30.4. The van der Waals surface area contributed by atoms with Crippen molar-refractivity contribution in [3.8, 4) is 0 Å². The zero-order valence-corrected chi connectivity index (χ0v) is 12.1. The Kier molecular flexibility index (Phi) is 3.25. The average Bonchev–Trinajstić information content (AvgIpc) is 2.87. The van der Waals surface area contributed by atoms with Crippen LogP contribution in [0.25, 0.3) is 0 Å². The van der Waals surface area contributed by atoms with Crippen LogP contribution in [0.1, 0.15) is 33.1 Å². The Bertz CT molecular complexity index is 550. The van der Waals surface area contributed by atoms with E-state index in [0.29, 0.717) is 18.4 Å². The zero-order valence-electron chi connectivity index (χ0n) is 12.1. The predicted molar refractivity (Wildman–Crippen MR) is 71.7 cm³/mol. The fraction of sp³-hybridized carbons (Fsp3) is 0.667. The van der Waals surface area contributed by atoms with Gasteiger partial charge in [0, 0.05) is 17.9 Å². The molecule has 0 amide bonds. The van der Waals surface area contributed by atoms with E-state index in [1.165, 1.54) is 0 Å². The summed E-state index contributed by atoms with van der Waals surface area (Å²) in [7, 11) is 0. The first kappa shape index (κ1) is 14.7. The van der Waals surface area contributed by atoms with Gasteiger partial charge in [-0.1, -0.05) is 6.92 Å². The summed E-state index contributed by atoms with van der Waals surface area (Å²) in [5.41, 5.74) is -0.372. The van der Waals surface area contributed by atoms with Gasteiger partial charge < -0.3 is 24.8 Å². The van der Waals surface area contributed by atoms with Gasteiger partial charge in [-0.2, -0.15) is 0 Å². The summed E-state index contributed by atoms with van der Waals surface area (Å²) in [6.07, 6.45) is 1.91. The Morgan fingerprint density at radius 1 is 1.43 bits per heavy atom. The number of carbonyl (C=O) groups is 1. The molecule has 0 saturated carbocycles. The van der Waals surface area contributed by atoms with E-state index in [-0.39, 0.29) is 23.7 Å². The number of hydrogen-bond acceptors (Lipinski definition) is 6. The summed E-state index contributed by atoms with van der Waals surface area (Å²) >= 11 is 0. The molecule has 4 unspecified atom stereocenters. The minimum Gasteiger partial charge on any atom is -0.423 e. The van der Waals surface area contributed by atoms with Crippen molar-refractivity contribution in [2.45, 2.75) is 50.6 Å². The van der Waals surface area contributed by atoms with Crippen LogP contribution in [0.2, 0.25) is 0 Å². The largest absolute Gasteiger partial charge is 0.423 e. The number of ether oxygens (including phenoxy) is 2. The van der Waals surface area contributed by atoms with E-state index in [1.54, 1.807) is 13.0 Å². The van der Waals surface area contributed by atoms with Crippen LogP contribution in [-0.2, 0) is 14.3 Å². The van der Waals surface area contributed by atoms with Crippen LogP contribution in [0.3, 0.4) is 0 Å². The maximum atomic E-state index is 11.8. The third kappa shape index (κ3) is 2.23. The Hall–Kier alpha value is -1.21. The molecule has 2 bridgehead atoms. The van der Waals surface area contributed by atoms with Crippen molar-refractivity contribution in [1.29, 1.82) is 0 Å². The monoisotopic (exact) mass is 296 g/mol. The standard InChI is InChI=1S/C15H20O6/c1-8-5-10(17)12-9(7-16)13(18)20-11(12)6-14(2)3-4-15(8,19)21-14/h6,8,10,16-17,19H,3-5,7H2,1-2H3/b11-6+. The third-order valence-electron chi connectivity index (χ3n) is 4.70. The van der Waals surface area contributed by atoms with E-state index in [9.17, 15) is 20.1 Å². The Balaban J connectivity index is 2.12. The van der Waals surface area contributed by atoms with Crippen molar-refractivity contribution < 1.29 is 29.6 Å². The van der Waals surface area contributed by atoms with Crippen molar-refractivity contribution in [1.82, 2.24) is 0 Å². The van der Waals surface area contributed by atoms with Crippen molar-refractivity contribution in [3.63, 3.8) is 0 Å². The van der Waals surface area contributed by atoms with Crippen LogP contribution in [0, 0.1) is 5.92 Å². The summed E-state index contributed by atoms with van der Waals surface area (Å²) in [4.78, 5) is 11.8. The van der Waals surface area contributed by atoms with Crippen LogP contribution < -0.4 is 0 Å². The number of fused-ring (bicyclic) bond motifs is 3. The lowest BCUT2D eigenvalue weighted by molar-refractivity contribution is -0.238. The van der Waals surface area contributed by atoms with E-state index in [4.69, 9.17) is 9.47 Å². The van der Waals surface area contributed by atoms with E-state index in [1.807, 2.05) is 6.92 Å². The molecule has 0 aromatic rings. The number of rotatable bonds is 1. The fourth-order valence-corrected chi connectivity index (χ4v) is 3.39. The van der Waals surface area contributed by atoms with Gasteiger partial charge in [-0.25, -0.2) is 4.79 Å². The molecule has 21 heavy (non-hydrogen) atoms. The van der Waals surface area contributed by atoms with Gasteiger partial charge in [-0.15, -0.1) is 0 Å². The highest BCUT2D eigenvalue weighted by Crippen LogP contribution is 2.46. The molecule has 0 aromatic heterocycles. The Labute approximate surface area is 122 Å². The lowest BCUT2D eigenvalue weighted by Gasteiger charge is -2.32. The highest BCUT2D eigenvalue weighted by atomic mass is 16.6. The predicted octanol–water partition coefficient (Wildman–Crippen LogP) is 0.374. The zero-order chi connectivity index (χ0) is 15.4. The molecule has 3 heterocycles. The van der Waals surface area contributed by atoms with Crippen molar-refractivity contribution in [2.24, 2.45) is 5.92 Å². The molecule has 3 aliphatic rings. The second-order valence-corrected chi connectivity index (χ2v) is 6.36. The molecular weight excluding hydrogens is 276 g/mol. The van der Waals surface area contributed by atoms with Gasteiger partial charge in [0.15, 0.2) is 5.79 Å². The number of aliphatic hydroxyl groups excluding tert-OH is 2. The molecule has 6 nitrogen and oxygen atoms in total. The van der Waals surface area contributed by atoms with Gasteiger partial charge in [-0.3, -0.25) is 0 Å². The molecule has 0 aromatic carbocycles. The summed E-state index contributed by atoms with van der Waals surface area (Å²) in [5.74, 6) is -2.01. The maximum absolute atomic E-state index is 11.8. The van der Waals surface area contributed by atoms with Gasteiger partial charge in [-0.05, 0) is 25.8 Å². The van der Waals surface area contributed by atoms with Gasteiger partial charge in [0.1, 0.15) is 5.76 Å². The highest BCUT2D eigenvalue weighted by Gasteiger charge is 2.51. The topological polar surface area (TPSA) is 96.2 Å². The van der Waals surface area contributed by atoms with Crippen molar-refractivity contribution >= 4 is 5.97 Å². The minimum absolute atomic E-state index is 0.0781. The van der Waals surface area contributed by atoms with E-state index >= 15 is 0 Å². The van der Waals surface area contributed by atoms with E-state index < -0.39 is 30.1 Å². The lowest BCUT2D eigenvalue weighted by atomic mass is 9.86. The number of esters is 1. The molecule has 3 rings (SSSR count). The minimum atomic E-state index is -1.30. The fourth-order valence-electron chi connectivity index (χ4n) is 3.39. The smallest absolute Gasteiger partial charge is 0.342 e. The summed E-state index contributed by atoms with van der Waals surface area (Å²) < 4.78 is 11.0. The van der Waals surface area contributed by atoms with E-state index in [0.717, 1.165) is 0 Å². The average molecular weight is 296 g/mol. The van der Waals surface area contributed by atoms with Crippen molar-refractivity contribution in [3.05, 3.63) is 23.0 Å². The molecule has 0 aliphatic carbocycles. The van der Waals surface area contributed by atoms with Gasteiger partial charge in [0.25, 0.3) is 0 Å². The third-order valence-corrected chi connectivity index (χ3v) is 4.70. The van der Waals surface area contributed by atoms with Crippen LogP contribution in [-0.4, -0.2) is 45.4 Å².